The Hall–Kier alpha value is -6.07. The van der Waals surface area contributed by atoms with Crippen molar-refractivity contribution in [3.63, 3.8) is 0 Å². The van der Waals surface area contributed by atoms with Crippen molar-refractivity contribution in [1.82, 2.24) is 18.5 Å². The molecule has 0 radical (unpaired) electrons. The van der Waals surface area contributed by atoms with Crippen molar-refractivity contribution in [1.29, 1.82) is 0 Å². The first-order valence-corrected chi connectivity index (χ1v) is 24.3. The molecule has 0 fully saturated rings. The highest BCUT2D eigenvalue weighted by atomic mass is 15.1. The van der Waals surface area contributed by atoms with Crippen molar-refractivity contribution in [3.8, 4) is 11.4 Å². The first-order chi connectivity index (χ1) is 30.9. The molecule has 66 heavy (non-hydrogen) atoms. The number of pyridine rings is 1. The van der Waals surface area contributed by atoms with Gasteiger partial charge in [0.2, 0.25) is 0 Å². The van der Waals surface area contributed by atoms with Crippen LogP contribution in [0.3, 0.4) is 0 Å². The Morgan fingerprint density at radius 1 is 0.379 bits per heavy atom. The lowest BCUT2D eigenvalue weighted by Crippen LogP contribution is -2.60. The molecule has 0 unspecified atom stereocenters. The van der Waals surface area contributed by atoms with E-state index in [0.717, 1.165) is 5.59 Å². The van der Waals surface area contributed by atoms with Gasteiger partial charge in [0, 0.05) is 60.4 Å². The second-order valence-electron chi connectivity index (χ2n) is 25.4. The average molecular weight is 861 g/mol. The number of aromatic nitrogens is 4. The van der Waals surface area contributed by atoms with Crippen molar-refractivity contribution >= 4 is 105 Å². The minimum atomic E-state index is -0.0963. The minimum absolute atomic E-state index is 0.00100. The maximum atomic E-state index is 5.58. The third-order valence-electron chi connectivity index (χ3n) is 15.9. The van der Waals surface area contributed by atoms with Crippen molar-refractivity contribution in [2.45, 2.75) is 131 Å². The van der Waals surface area contributed by atoms with E-state index in [1.807, 2.05) is 0 Å². The van der Waals surface area contributed by atoms with Gasteiger partial charge in [-0.25, -0.2) is 0 Å². The highest BCUT2D eigenvalue weighted by Crippen LogP contribution is 2.51. The van der Waals surface area contributed by atoms with Gasteiger partial charge in [0.1, 0.15) is 0 Å². The first kappa shape index (κ1) is 40.2. The van der Waals surface area contributed by atoms with E-state index >= 15 is 0 Å². The molecule has 0 aliphatic carbocycles. The van der Waals surface area contributed by atoms with Crippen molar-refractivity contribution in [3.05, 3.63) is 125 Å². The Bertz CT molecular complexity index is 4000. The van der Waals surface area contributed by atoms with E-state index in [1.165, 1.54) is 132 Å². The Labute approximate surface area is 389 Å². The van der Waals surface area contributed by atoms with Gasteiger partial charge in [-0.15, -0.1) is 0 Å². The van der Waals surface area contributed by atoms with Crippen LogP contribution in [-0.2, 0) is 27.1 Å². The van der Waals surface area contributed by atoms with Crippen LogP contribution in [0.1, 0.15) is 132 Å². The molecule has 7 heterocycles. The van der Waals surface area contributed by atoms with Crippen LogP contribution in [0.25, 0.3) is 93.1 Å². The lowest BCUT2D eigenvalue weighted by atomic mass is 9.35. The van der Waals surface area contributed by atoms with Gasteiger partial charge < -0.3 is 13.5 Å². The Balaban J connectivity index is 1.37. The highest BCUT2D eigenvalue weighted by molar-refractivity contribution is 7.00. The summed E-state index contributed by atoms with van der Waals surface area (Å²) in [4.78, 5) is 5.58. The van der Waals surface area contributed by atoms with Gasteiger partial charge in [0.25, 0.3) is 6.71 Å². The molecule has 328 valence electrons. The average Bonchev–Trinajstić information content (AvgIpc) is 3.96. The second kappa shape index (κ2) is 12.1. The number of hydrogen-bond acceptors (Lipinski definition) is 1. The molecule has 4 nitrogen and oxygen atoms in total. The second-order valence-corrected chi connectivity index (χ2v) is 25.4. The number of nitrogens with zero attached hydrogens (tertiary/aromatic N) is 4. The molecule has 2 aliphatic heterocycles. The van der Waals surface area contributed by atoms with Crippen LogP contribution in [0.4, 0.5) is 0 Å². The molecule has 5 heteroatoms. The smallest absolute Gasteiger partial charge is 0.275 e. The van der Waals surface area contributed by atoms with Gasteiger partial charge in [-0.3, -0.25) is 4.98 Å². The van der Waals surface area contributed by atoms with Gasteiger partial charge in [-0.2, -0.15) is 0 Å². The third-order valence-corrected chi connectivity index (χ3v) is 15.9. The summed E-state index contributed by atoms with van der Waals surface area (Å²) in [5, 5.41) is 10.6. The normalized spacial score (nSPS) is 14.6. The van der Waals surface area contributed by atoms with Crippen LogP contribution in [0.2, 0.25) is 0 Å². The van der Waals surface area contributed by atoms with Gasteiger partial charge in [-0.05, 0) is 126 Å². The SMILES string of the molecule is CC(C)(C)c1ccc2c(c1)c1cc(C(C)(C)C)cc3c1n2-c1c2c(c4c5cc(C(C)(C)C)ccc5n5c6ccc(C(C)(C)C)cc6c1c45)-n1c4ccc(C(C)(C)C)cc4c4ccnc(c41)B23. The fraction of sp³-hybridized carbons (Fsp3) is 0.328. The van der Waals surface area contributed by atoms with Gasteiger partial charge >= 0.3 is 0 Å². The maximum Gasteiger partial charge on any atom is 0.275 e. The molecule has 0 amide bonds. The summed E-state index contributed by atoms with van der Waals surface area (Å²) in [7, 11) is 0. The van der Waals surface area contributed by atoms with Crippen LogP contribution in [0.5, 0.6) is 0 Å². The summed E-state index contributed by atoms with van der Waals surface area (Å²) in [5.41, 5.74) is 22.1. The summed E-state index contributed by atoms with van der Waals surface area (Å²) < 4.78 is 8.03. The van der Waals surface area contributed by atoms with Crippen LogP contribution < -0.4 is 16.5 Å². The van der Waals surface area contributed by atoms with Gasteiger partial charge in [0.05, 0.1) is 44.5 Å². The van der Waals surface area contributed by atoms with Crippen molar-refractivity contribution in [2.24, 2.45) is 0 Å². The summed E-state index contributed by atoms with van der Waals surface area (Å²) in [6, 6.07) is 36.7. The van der Waals surface area contributed by atoms with E-state index in [0.29, 0.717) is 0 Å². The molecular weight excluding hydrogens is 800 g/mol. The zero-order chi connectivity index (χ0) is 46.3. The fourth-order valence-corrected chi connectivity index (χ4v) is 12.2. The molecule has 0 bridgehead atoms. The summed E-state index contributed by atoms with van der Waals surface area (Å²) in [6.07, 6.45) is 2.10. The molecule has 6 aromatic carbocycles. The largest absolute Gasteiger partial charge is 0.309 e. The van der Waals surface area contributed by atoms with E-state index in [-0.39, 0.29) is 33.8 Å². The fourth-order valence-electron chi connectivity index (χ4n) is 12.2. The molecule has 0 saturated carbocycles. The molecule has 0 spiro atoms. The number of rotatable bonds is 0. The van der Waals surface area contributed by atoms with E-state index in [4.69, 9.17) is 4.98 Å². The standard InChI is InChI=1S/C61H61BN4/c1-57(2,3)32-16-20-44-38(26-32)37-24-25-63-56-52(37)66(44)55-49-42-29-35(60(10,11)12)19-23-47(42)64-46-22-18-34(59(7,8)9)28-41(46)48(53(49)64)54-50(55)62(56)43-31-36(61(13,14)15)30-40-39-27-33(58(4,5)6)17-21-45(39)65(54)51(40)43/h16-31H,1-15H3. The topological polar surface area (TPSA) is 27.2 Å². The van der Waals surface area contributed by atoms with E-state index in [1.54, 1.807) is 0 Å². The maximum absolute atomic E-state index is 5.58. The molecule has 0 saturated heterocycles. The molecule has 13 rings (SSSR count). The van der Waals surface area contributed by atoms with E-state index in [2.05, 4.69) is 215 Å². The Kier molecular flexibility index (Phi) is 7.37. The summed E-state index contributed by atoms with van der Waals surface area (Å²) in [6.45, 7) is 35.2. The molecule has 2 aliphatic rings. The van der Waals surface area contributed by atoms with Crippen LogP contribution >= 0.6 is 0 Å². The predicted octanol–water partition coefficient (Wildman–Crippen LogP) is 14.1. The summed E-state index contributed by atoms with van der Waals surface area (Å²) in [5.74, 6) is 0. The van der Waals surface area contributed by atoms with Gasteiger partial charge in [0.15, 0.2) is 0 Å². The predicted molar refractivity (Wildman–Crippen MR) is 286 cm³/mol. The minimum Gasteiger partial charge on any atom is -0.309 e. The molecular formula is C61H61BN4. The van der Waals surface area contributed by atoms with Crippen LogP contribution in [-0.4, -0.2) is 25.2 Å². The molecule has 5 aromatic heterocycles. The highest BCUT2D eigenvalue weighted by Gasteiger charge is 2.46. The van der Waals surface area contributed by atoms with Crippen molar-refractivity contribution < 1.29 is 0 Å². The zero-order valence-corrected chi connectivity index (χ0v) is 41.6. The first-order valence-electron chi connectivity index (χ1n) is 24.3. The Morgan fingerprint density at radius 2 is 0.788 bits per heavy atom. The number of fused-ring (bicyclic) bond motifs is 18. The third kappa shape index (κ3) is 4.99. The lowest BCUT2D eigenvalue weighted by Gasteiger charge is -2.35. The lowest BCUT2D eigenvalue weighted by molar-refractivity contribution is 0.590. The quantitative estimate of drug-likeness (QED) is 0.140. The monoisotopic (exact) mass is 860 g/mol. The molecule has 11 aromatic rings. The van der Waals surface area contributed by atoms with E-state index in [9.17, 15) is 0 Å². The number of benzene rings is 6. The summed E-state index contributed by atoms with van der Waals surface area (Å²) >= 11 is 0. The van der Waals surface area contributed by atoms with E-state index < -0.39 is 0 Å². The molecule has 0 N–H and O–H groups in total. The van der Waals surface area contributed by atoms with Crippen molar-refractivity contribution in [2.75, 3.05) is 0 Å². The number of hydrogen-bond donors (Lipinski definition) is 0. The Morgan fingerprint density at radius 3 is 1.26 bits per heavy atom. The van der Waals surface area contributed by atoms with Gasteiger partial charge in [-0.1, -0.05) is 134 Å². The zero-order valence-electron chi connectivity index (χ0n) is 41.6. The van der Waals surface area contributed by atoms with Crippen LogP contribution in [0.15, 0.2) is 97.2 Å². The van der Waals surface area contributed by atoms with Crippen LogP contribution in [0, 0.1) is 0 Å². The molecule has 0 atom stereocenters.